The highest BCUT2D eigenvalue weighted by Crippen LogP contribution is 2.22. The van der Waals surface area contributed by atoms with Crippen molar-refractivity contribution in [3.8, 4) is 17.1 Å². The molecule has 0 saturated heterocycles. The van der Waals surface area contributed by atoms with E-state index in [0.29, 0.717) is 48.9 Å². The summed E-state index contributed by atoms with van der Waals surface area (Å²) in [6.07, 6.45) is 4.27. The molecule has 0 saturated carbocycles. The smallest absolute Gasteiger partial charge is 0.293 e. The lowest BCUT2D eigenvalue weighted by Gasteiger charge is -2.15. The molecule has 0 aromatic carbocycles. The second kappa shape index (κ2) is 10.1. The van der Waals surface area contributed by atoms with Gasteiger partial charge in [-0.15, -0.1) is 0 Å². The zero-order chi connectivity index (χ0) is 21.5. The molecular formula is C21H28N6O3. The molecule has 0 amide bonds. The molecule has 3 rings (SSSR count). The van der Waals surface area contributed by atoms with Gasteiger partial charge in [-0.1, -0.05) is 6.92 Å². The standard InChI is InChI=1S/C21H28N6O3/c1-4-8-30-9-7-27-18-10-16(15-5-6-19(29-3)24-12-15)23-13-17(18)26-20(21(27)28)25-11-14(2)22/h5-6,10,12-14H,4,7-9,11,22H2,1-3H3,(H,25,26)/t14-/m0/s1. The first-order valence-electron chi connectivity index (χ1n) is 10.0. The Kier molecular flexibility index (Phi) is 7.31. The largest absolute Gasteiger partial charge is 0.481 e. The average Bonchev–Trinajstić information content (AvgIpc) is 2.76. The number of anilines is 1. The van der Waals surface area contributed by atoms with Crippen LogP contribution in [0.3, 0.4) is 0 Å². The highest BCUT2D eigenvalue weighted by atomic mass is 16.5. The Morgan fingerprint density at radius 2 is 2.07 bits per heavy atom. The van der Waals surface area contributed by atoms with Crippen LogP contribution in [0.1, 0.15) is 20.3 Å². The lowest BCUT2D eigenvalue weighted by Crippen LogP contribution is -2.31. The summed E-state index contributed by atoms with van der Waals surface area (Å²) < 4.78 is 12.4. The first kappa shape index (κ1) is 21.7. The van der Waals surface area contributed by atoms with E-state index in [1.165, 1.54) is 0 Å². The zero-order valence-corrected chi connectivity index (χ0v) is 17.6. The summed E-state index contributed by atoms with van der Waals surface area (Å²) in [4.78, 5) is 26.3. The Hall–Kier alpha value is -3.04. The van der Waals surface area contributed by atoms with Crippen molar-refractivity contribution >= 4 is 16.9 Å². The number of hydrogen-bond donors (Lipinski definition) is 2. The average molecular weight is 412 g/mol. The van der Waals surface area contributed by atoms with E-state index in [2.05, 4.69) is 20.3 Å². The van der Waals surface area contributed by atoms with Crippen molar-refractivity contribution in [2.75, 3.05) is 32.2 Å². The number of methoxy groups -OCH3 is 1. The van der Waals surface area contributed by atoms with Gasteiger partial charge in [-0.3, -0.25) is 9.78 Å². The van der Waals surface area contributed by atoms with Crippen LogP contribution in [0.2, 0.25) is 0 Å². The number of fused-ring (bicyclic) bond motifs is 1. The molecule has 0 fully saturated rings. The van der Waals surface area contributed by atoms with Crippen molar-refractivity contribution in [3.05, 3.63) is 40.9 Å². The second-order valence-electron chi connectivity index (χ2n) is 7.04. The summed E-state index contributed by atoms with van der Waals surface area (Å²) in [5.41, 5.74) is 8.41. The molecule has 0 bridgehead atoms. The Labute approximate surface area is 175 Å². The van der Waals surface area contributed by atoms with Gasteiger partial charge in [-0.05, 0) is 25.5 Å². The maximum absolute atomic E-state index is 13.1. The topological polar surface area (TPSA) is 117 Å². The fourth-order valence-electron chi connectivity index (χ4n) is 2.95. The normalized spacial score (nSPS) is 12.1. The second-order valence-corrected chi connectivity index (χ2v) is 7.04. The SMILES string of the molecule is CCCOCCn1c(=O)c(NC[C@H](C)N)nc2cnc(-c3ccc(OC)nc3)cc21. The van der Waals surface area contributed by atoms with E-state index in [4.69, 9.17) is 15.2 Å². The van der Waals surface area contributed by atoms with Gasteiger partial charge in [0.05, 0.1) is 31.1 Å². The number of nitrogens with two attached hydrogens (primary N) is 1. The monoisotopic (exact) mass is 412 g/mol. The molecular weight excluding hydrogens is 384 g/mol. The van der Waals surface area contributed by atoms with Crippen molar-refractivity contribution in [3.63, 3.8) is 0 Å². The number of nitrogens with zero attached hydrogens (tertiary/aromatic N) is 4. The summed E-state index contributed by atoms with van der Waals surface area (Å²) >= 11 is 0. The predicted molar refractivity (Wildman–Crippen MR) is 117 cm³/mol. The van der Waals surface area contributed by atoms with Gasteiger partial charge in [0.15, 0.2) is 5.82 Å². The van der Waals surface area contributed by atoms with Crippen LogP contribution in [0.25, 0.3) is 22.3 Å². The van der Waals surface area contributed by atoms with Crippen molar-refractivity contribution < 1.29 is 9.47 Å². The van der Waals surface area contributed by atoms with Gasteiger partial charge in [-0.2, -0.15) is 0 Å². The van der Waals surface area contributed by atoms with Gasteiger partial charge in [0.25, 0.3) is 5.56 Å². The maximum atomic E-state index is 13.1. The molecule has 0 spiro atoms. The van der Waals surface area contributed by atoms with Gasteiger partial charge in [-0.25, -0.2) is 9.97 Å². The summed E-state index contributed by atoms with van der Waals surface area (Å²) in [5.74, 6) is 0.784. The minimum absolute atomic E-state index is 0.105. The van der Waals surface area contributed by atoms with E-state index in [1.54, 1.807) is 30.1 Å². The minimum Gasteiger partial charge on any atom is -0.481 e. The highest BCUT2D eigenvalue weighted by molar-refractivity contribution is 5.80. The van der Waals surface area contributed by atoms with Crippen LogP contribution in [0.5, 0.6) is 5.88 Å². The molecule has 3 N–H and O–H groups in total. The van der Waals surface area contributed by atoms with Crippen LogP contribution in [0.4, 0.5) is 5.82 Å². The molecule has 0 aliphatic rings. The lowest BCUT2D eigenvalue weighted by atomic mass is 10.2. The first-order chi connectivity index (χ1) is 14.5. The van der Waals surface area contributed by atoms with Crippen LogP contribution in [0.15, 0.2) is 35.4 Å². The number of aromatic nitrogens is 4. The molecule has 3 aromatic heterocycles. The number of ether oxygens (including phenoxy) is 2. The summed E-state index contributed by atoms with van der Waals surface area (Å²) in [5, 5.41) is 3.04. The Bertz CT molecular complexity index is 1030. The third-order valence-corrected chi connectivity index (χ3v) is 4.47. The quantitative estimate of drug-likeness (QED) is 0.486. The molecule has 0 aliphatic heterocycles. The Morgan fingerprint density at radius 1 is 1.23 bits per heavy atom. The maximum Gasteiger partial charge on any atom is 0.293 e. The molecule has 3 aromatic rings. The molecule has 30 heavy (non-hydrogen) atoms. The zero-order valence-electron chi connectivity index (χ0n) is 17.6. The molecule has 3 heterocycles. The van der Waals surface area contributed by atoms with Gasteiger partial charge in [0.1, 0.15) is 5.52 Å². The first-order valence-corrected chi connectivity index (χ1v) is 10.0. The van der Waals surface area contributed by atoms with Crippen LogP contribution in [0, 0.1) is 0 Å². The Morgan fingerprint density at radius 3 is 2.73 bits per heavy atom. The van der Waals surface area contributed by atoms with Gasteiger partial charge < -0.3 is 25.1 Å². The van der Waals surface area contributed by atoms with Gasteiger partial charge >= 0.3 is 0 Å². The van der Waals surface area contributed by atoms with Crippen molar-refractivity contribution in [2.24, 2.45) is 5.73 Å². The van der Waals surface area contributed by atoms with Gasteiger partial charge in [0, 0.05) is 43.6 Å². The molecule has 0 radical (unpaired) electrons. The fraction of sp³-hybridized carbons (Fsp3) is 0.429. The number of hydrogen-bond acceptors (Lipinski definition) is 8. The Balaban J connectivity index is 2.03. The number of nitrogens with one attached hydrogen (secondary N) is 1. The van der Waals surface area contributed by atoms with Crippen molar-refractivity contribution in [1.29, 1.82) is 0 Å². The molecule has 9 heteroatoms. The molecule has 0 unspecified atom stereocenters. The molecule has 0 aliphatic carbocycles. The van der Waals surface area contributed by atoms with E-state index in [1.807, 2.05) is 26.0 Å². The van der Waals surface area contributed by atoms with Gasteiger partial charge in [0.2, 0.25) is 5.88 Å². The van der Waals surface area contributed by atoms with Crippen LogP contribution in [-0.4, -0.2) is 52.4 Å². The number of rotatable bonds is 10. The number of pyridine rings is 2. The highest BCUT2D eigenvalue weighted by Gasteiger charge is 2.13. The van der Waals surface area contributed by atoms with Crippen LogP contribution < -0.4 is 21.3 Å². The third kappa shape index (κ3) is 5.11. The summed E-state index contributed by atoms with van der Waals surface area (Å²) in [6, 6.07) is 5.39. The molecule has 1 atom stereocenters. The molecule has 160 valence electrons. The fourth-order valence-corrected chi connectivity index (χ4v) is 2.95. The van der Waals surface area contributed by atoms with E-state index in [-0.39, 0.29) is 17.4 Å². The third-order valence-electron chi connectivity index (χ3n) is 4.47. The van der Waals surface area contributed by atoms with E-state index in [9.17, 15) is 4.79 Å². The summed E-state index contributed by atoms with van der Waals surface area (Å²) in [7, 11) is 1.57. The van der Waals surface area contributed by atoms with Crippen LogP contribution >= 0.6 is 0 Å². The van der Waals surface area contributed by atoms with Crippen LogP contribution in [-0.2, 0) is 11.3 Å². The van der Waals surface area contributed by atoms with E-state index in [0.717, 1.165) is 12.0 Å². The van der Waals surface area contributed by atoms with E-state index >= 15 is 0 Å². The van der Waals surface area contributed by atoms with Crippen molar-refractivity contribution in [2.45, 2.75) is 32.9 Å². The predicted octanol–water partition coefficient (Wildman–Crippen LogP) is 2.05. The van der Waals surface area contributed by atoms with Crippen molar-refractivity contribution in [1.82, 2.24) is 19.5 Å². The van der Waals surface area contributed by atoms with E-state index < -0.39 is 0 Å². The molecule has 9 nitrogen and oxygen atoms in total. The summed E-state index contributed by atoms with van der Waals surface area (Å²) in [6.45, 7) is 5.85. The lowest BCUT2D eigenvalue weighted by molar-refractivity contribution is 0.127. The minimum atomic E-state index is -0.215.